The van der Waals surface area contributed by atoms with Crippen molar-refractivity contribution in [3.8, 4) is 0 Å². The van der Waals surface area contributed by atoms with Gasteiger partial charge >= 0.3 is 0 Å². The van der Waals surface area contributed by atoms with E-state index in [0.717, 1.165) is 10.2 Å². The molecular weight excluding hydrogens is 258 g/mol. The minimum Gasteiger partial charge on any atom is -0.396 e. The maximum Gasteiger partial charge on any atom is 0.227 e. The zero-order valence-corrected chi connectivity index (χ0v) is 9.77. The van der Waals surface area contributed by atoms with Crippen LogP contribution in [0.15, 0.2) is 28.7 Å². The topological polar surface area (TPSA) is 40.5 Å². The monoisotopic (exact) mass is 269 g/mol. The molecular formula is C11H12BrNO2. The third-order valence-corrected chi connectivity index (χ3v) is 3.13. The molecule has 1 aliphatic rings. The number of aliphatic hydroxyl groups excluding tert-OH is 1. The van der Waals surface area contributed by atoms with E-state index < -0.39 is 0 Å². The number of hydrogen-bond donors (Lipinski definition) is 1. The molecule has 1 saturated heterocycles. The summed E-state index contributed by atoms with van der Waals surface area (Å²) in [7, 11) is 0. The summed E-state index contributed by atoms with van der Waals surface area (Å²) in [5.74, 6) is 0.178. The van der Waals surface area contributed by atoms with E-state index in [1.807, 2.05) is 24.3 Å². The van der Waals surface area contributed by atoms with Crippen LogP contribution in [0, 0.1) is 5.92 Å². The Bertz CT molecular complexity index is 363. The molecule has 15 heavy (non-hydrogen) atoms. The van der Waals surface area contributed by atoms with Gasteiger partial charge in [0.25, 0.3) is 0 Å². The Hall–Kier alpha value is -0.870. The van der Waals surface area contributed by atoms with Crippen LogP contribution in [0.3, 0.4) is 0 Å². The van der Waals surface area contributed by atoms with Crippen molar-refractivity contribution in [3.63, 3.8) is 0 Å². The predicted molar refractivity (Wildman–Crippen MR) is 61.7 cm³/mol. The van der Waals surface area contributed by atoms with Gasteiger partial charge in [-0.15, -0.1) is 0 Å². The van der Waals surface area contributed by atoms with Gasteiger partial charge in [-0.1, -0.05) is 15.9 Å². The van der Waals surface area contributed by atoms with Crippen molar-refractivity contribution in [2.75, 3.05) is 18.1 Å². The number of aliphatic hydroxyl groups is 1. The molecule has 1 atom stereocenters. The smallest absolute Gasteiger partial charge is 0.227 e. The van der Waals surface area contributed by atoms with Crippen molar-refractivity contribution in [1.82, 2.24) is 0 Å². The average molecular weight is 270 g/mol. The summed E-state index contributed by atoms with van der Waals surface area (Å²) in [5, 5.41) is 9.01. The maximum atomic E-state index is 11.6. The van der Waals surface area contributed by atoms with E-state index in [1.54, 1.807) is 4.90 Å². The van der Waals surface area contributed by atoms with Gasteiger partial charge in [0.15, 0.2) is 0 Å². The van der Waals surface area contributed by atoms with Gasteiger partial charge in [-0.25, -0.2) is 0 Å². The first-order chi connectivity index (χ1) is 7.20. The molecule has 0 aromatic heterocycles. The average Bonchev–Trinajstić information content (AvgIpc) is 2.61. The fourth-order valence-corrected chi connectivity index (χ4v) is 2.04. The van der Waals surface area contributed by atoms with E-state index in [9.17, 15) is 4.79 Å². The molecule has 0 aliphatic carbocycles. The first kappa shape index (κ1) is 10.6. The number of carbonyl (C=O) groups is 1. The van der Waals surface area contributed by atoms with E-state index in [-0.39, 0.29) is 18.4 Å². The van der Waals surface area contributed by atoms with Gasteiger partial charge in [-0.2, -0.15) is 0 Å². The van der Waals surface area contributed by atoms with Crippen molar-refractivity contribution in [1.29, 1.82) is 0 Å². The Morgan fingerprint density at radius 3 is 2.60 bits per heavy atom. The highest BCUT2D eigenvalue weighted by molar-refractivity contribution is 9.10. The summed E-state index contributed by atoms with van der Waals surface area (Å²) in [6.07, 6.45) is 0.451. The number of benzene rings is 1. The summed E-state index contributed by atoms with van der Waals surface area (Å²) in [4.78, 5) is 13.4. The Balaban J connectivity index is 2.18. The van der Waals surface area contributed by atoms with Crippen LogP contribution in [0.4, 0.5) is 5.69 Å². The zero-order valence-electron chi connectivity index (χ0n) is 8.19. The van der Waals surface area contributed by atoms with Gasteiger partial charge < -0.3 is 10.0 Å². The molecule has 1 fully saturated rings. The Labute approximate surface area is 96.8 Å². The third-order valence-electron chi connectivity index (χ3n) is 2.60. The fourth-order valence-electron chi connectivity index (χ4n) is 1.77. The quantitative estimate of drug-likeness (QED) is 0.890. The second kappa shape index (κ2) is 4.33. The van der Waals surface area contributed by atoms with Crippen LogP contribution in [-0.2, 0) is 4.79 Å². The Morgan fingerprint density at radius 1 is 1.40 bits per heavy atom. The van der Waals surface area contributed by atoms with Crippen LogP contribution >= 0.6 is 15.9 Å². The van der Waals surface area contributed by atoms with Crippen LogP contribution in [-0.4, -0.2) is 24.2 Å². The first-order valence-corrected chi connectivity index (χ1v) is 5.67. The number of anilines is 1. The molecule has 1 N–H and O–H groups in total. The molecule has 0 spiro atoms. The highest BCUT2D eigenvalue weighted by atomic mass is 79.9. The summed E-state index contributed by atoms with van der Waals surface area (Å²) in [6.45, 7) is 0.704. The van der Waals surface area contributed by atoms with Crippen molar-refractivity contribution < 1.29 is 9.90 Å². The second-order valence-electron chi connectivity index (χ2n) is 3.73. The van der Waals surface area contributed by atoms with E-state index >= 15 is 0 Å². The van der Waals surface area contributed by atoms with E-state index in [1.165, 1.54) is 0 Å². The van der Waals surface area contributed by atoms with Crippen molar-refractivity contribution in [2.24, 2.45) is 5.92 Å². The molecule has 4 heteroatoms. The van der Waals surface area contributed by atoms with Crippen molar-refractivity contribution in [2.45, 2.75) is 6.42 Å². The van der Waals surface area contributed by atoms with Gasteiger partial charge in [-0.05, 0) is 24.3 Å². The van der Waals surface area contributed by atoms with Gasteiger partial charge in [-0.3, -0.25) is 4.79 Å². The van der Waals surface area contributed by atoms with E-state index in [4.69, 9.17) is 5.11 Å². The van der Waals surface area contributed by atoms with Crippen LogP contribution in [0.2, 0.25) is 0 Å². The molecule has 0 bridgehead atoms. The number of carbonyl (C=O) groups excluding carboxylic acids is 1. The molecule has 1 aromatic rings. The maximum absolute atomic E-state index is 11.6. The number of nitrogens with zero attached hydrogens (tertiary/aromatic N) is 1. The molecule has 1 amide bonds. The molecule has 1 aliphatic heterocycles. The molecule has 3 nitrogen and oxygen atoms in total. The van der Waals surface area contributed by atoms with Crippen molar-refractivity contribution in [3.05, 3.63) is 28.7 Å². The van der Waals surface area contributed by atoms with Gasteiger partial charge in [0.05, 0.1) is 0 Å². The molecule has 2 rings (SSSR count). The molecule has 1 heterocycles. The normalized spacial score (nSPS) is 21.1. The van der Waals surface area contributed by atoms with Crippen LogP contribution in [0.5, 0.6) is 0 Å². The number of amides is 1. The Morgan fingerprint density at radius 2 is 2.07 bits per heavy atom. The Kier molecular flexibility index (Phi) is 3.07. The summed E-state index contributed by atoms with van der Waals surface area (Å²) >= 11 is 3.35. The zero-order chi connectivity index (χ0) is 10.8. The first-order valence-electron chi connectivity index (χ1n) is 4.87. The minimum atomic E-state index is 0.0821. The lowest BCUT2D eigenvalue weighted by Gasteiger charge is -2.16. The van der Waals surface area contributed by atoms with E-state index in [0.29, 0.717) is 13.0 Å². The fraction of sp³-hybridized carbons (Fsp3) is 0.364. The molecule has 1 unspecified atom stereocenters. The summed E-state index contributed by atoms with van der Waals surface area (Å²) in [6, 6.07) is 7.63. The van der Waals surface area contributed by atoms with Crippen LogP contribution in [0.25, 0.3) is 0 Å². The SMILES string of the molecule is O=C1CC(CO)CN1c1ccc(Br)cc1. The van der Waals surface area contributed by atoms with Crippen LogP contribution in [0.1, 0.15) is 6.42 Å². The number of rotatable bonds is 2. The van der Waals surface area contributed by atoms with Crippen LogP contribution < -0.4 is 4.90 Å². The van der Waals surface area contributed by atoms with Crippen molar-refractivity contribution >= 4 is 27.5 Å². The molecule has 1 aromatic carbocycles. The highest BCUT2D eigenvalue weighted by Gasteiger charge is 2.29. The molecule has 0 radical (unpaired) electrons. The lowest BCUT2D eigenvalue weighted by molar-refractivity contribution is -0.117. The third kappa shape index (κ3) is 2.21. The van der Waals surface area contributed by atoms with Gasteiger partial charge in [0.1, 0.15) is 0 Å². The van der Waals surface area contributed by atoms with Gasteiger partial charge in [0.2, 0.25) is 5.91 Å². The minimum absolute atomic E-state index is 0.0821. The molecule has 80 valence electrons. The molecule has 0 saturated carbocycles. The summed E-state index contributed by atoms with van der Waals surface area (Å²) < 4.78 is 0.997. The lowest BCUT2D eigenvalue weighted by atomic mass is 10.1. The van der Waals surface area contributed by atoms with E-state index in [2.05, 4.69) is 15.9 Å². The lowest BCUT2D eigenvalue weighted by Crippen LogP contribution is -2.24. The largest absolute Gasteiger partial charge is 0.396 e. The second-order valence-corrected chi connectivity index (χ2v) is 4.65. The number of halogens is 1. The standard InChI is InChI=1S/C11H12BrNO2/c12-9-1-3-10(4-2-9)13-6-8(7-14)5-11(13)15/h1-4,8,14H,5-7H2. The summed E-state index contributed by atoms with van der Waals surface area (Å²) in [5.41, 5.74) is 0.902. The highest BCUT2D eigenvalue weighted by Crippen LogP contribution is 2.25. The number of hydrogen-bond acceptors (Lipinski definition) is 2. The predicted octanol–water partition coefficient (Wildman–Crippen LogP) is 1.79. The van der Waals surface area contributed by atoms with Gasteiger partial charge in [0, 0.05) is 35.7 Å².